The highest BCUT2D eigenvalue weighted by atomic mass is 35.5. The van der Waals surface area contributed by atoms with E-state index in [1.165, 1.54) is 17.0 Å². The highest BCUT2D eigenvalue weighted by molar-refractivity contribution is 6.58. The van der Waals surface area contributed by atoms with Crippen molar-refractivity contribution in [2.24, 2.45) is 17.8 Å². The van der Waals surface area contributed by atoms with Gasteiger partial charge in [0.15, 0.2) is 9.75 Å². The smallest absolute Gasteiger partial charge is 0.258 e. The number of nitrogens with one attached hydrogen (secondary N) is 1. The molecule has 5 aromatic carbocycles. The van der Waals surface area contributed by atoms with Gasteiger partial charge in [0.05, 0.1) is 23.2 Å². The molecule has 2 saturated heterocycles. The SMILES string of the molecule is O=C1C2CC=C3C(CC4(Cl)C(=O)N(c5ccc(F)cc5)C(=O)C4(Cl)C3c3ccc4ccccc4c3O)C2C(=O)N1c1ccc(Nc2ccccc2)cc1. The number of phenols is 1. The molecule has 53 heavy (non-hydrogen) atoms. The fourth-order valence-electron chi connectivity index (χ4n) is 8.89. The van der Waals surface area contributed by atoms with E-state index in [0.29, 0.717) is 16.6 Å². The number of alkyl halides is 2. The average molecular weight is 747 g/mol. The van der Waals surface area contributed by atoms with Crippen LogP contribution in [0.2, 0.25) is 0 Å². The Labute approximate surface area is 313 Å². The third-order valence-corrected chi connectivity index (χ3v) is 12.7. The number of halogens is 3. The van der Waals surface area contributed by atoms with E-state index >= 15 is 0 Å². The maximum Gasteiger partial charge on any atom is 0.258 e. The second-order valence-corrected chi connectivity index (χ2v) is 15.3. The van der Waals surface area contributed by atoms with Crippen LogP contribution in [0.1, 0.15) is 24.3 Å². The molecule has 3 fully saturated rings. The van der Waals surface area contributed by atoms with Crippen molar-refractivity contribution in [2.45, 2.75) is 28.5 Å². The van der Waals surface area contributed by atoms with Crippen molar-refractivity contribution in [3.63, 3.8) is 0 Å². The monoisotopic (exact) mass is 745 g/mol. The molecule has 11 heteroatoms. The number of benzene rings is 5. The van der Waals surface area contributed by atoms with Crippen molar-refractivity contribution in [3.05, 3.63) is 138 Å². The van der Waals surface area contributed by atoms with Gasteiger partial charge in [0.2, 0.25) is 11.8 Å². The van der Waals surface area contributed by atoms with Crippen molar-refractivity contribution in [3.8, 4) is 5.75 Å². The van der Waals surface area contributed by atoms with Crippen LogP contribution in [0.15, 0.2) is 127 Å². The van der Waals surface area contributed by atoms with Crippen molar-refractivity contribution >= 4 is 80.4 Å². The van der Waals surface area contributed by atoms with Gasteiger partial charge in [-0.1, -0.05) is 66.2 Å². The summed E-state index contributed by atoms with van der Waals surface area (Å²) in [5, 5.41) is 16.4. The molecule has 4 amide bonds. The second kappa shape index (κ2) is 12.0. The molecule has 4 aliphatic rings. The number of aromatic hydroxyl groups is 1. The number of phenolic OH excluding ortho intramolecular Hbond substituents is 1. The van der Waals surface area contributed by atoms with Crippen LogP contribution in [0.5, 0.6) is 5.75 Å². The predicted molar refractivity (Wildman–Crippen MR) is 201 cm³/mol. The van der Waals surface area contributed by atoms with Gasteiger partial charge in [-0.05, 0) is 84.8 Å². The summed E-state index contributed by atoms with van der Waals surface area (Å²) < 4.78 is 14.0. The lowest BCUT2D eigenvalue weighted by Crippen LogP contribution is -2.60. The lowest BCUT2D eigenvalue weighted by molar-refractivity contribution is -0.125. The molecule has 0 aromatic heterocycles. The van der Waals surface area contributed by atoms with Gasteiger partial charge in [-0.25, -0.2) is 9.29 Å². The second-order valence-electron chi connectivity index (χ2n) is 14.0. The lowest BCUT2D eigenvalue weighted by atomic mass is 9.56. The Morgan fingerprint density at radius 3 is 2.08 bits per heavy atom. The van der Waals surface area contributed by atoms with Crippen LogP contribution >= 0.6 is 23.2 Å². The summed E-state index contributed by atoms with van der Waals surface area (Å²) in [5.74, 6) is -6.83. The summed E-state index contributed by atoms with van der Waals surface area (Å²) in [6, 6.07) is 32.0. The van der Waals surface area contributed by atoms with Crippen molar-refractivity contribution < 1.29 is 28.7 Å². The van der Waals surface area contributed by atoms with E-state index in [9.17, 15) is 28.7 Å². The van der Waals surface area contributed by atoms with Gasteiger partial charge >= 0.3 is 0 Å². The van der Waals surface area contributed by atoms with Gasteiger partial charge in [-0.2, -0.15) is 0 Å². The first-order chi connectivity index (χ1) is 25.5. The number of hydrogen-bond acceptors (Lipinski definition) is 6. The minimum Gasteiger partial charge on any atom is -0.507 e. The Morgan fingerprint density at radius 2 is 1.34 bits per heavy atom. The Morgan fingerprint density at radius 1 is 0.698 bits per heavy atom. The van der Waals surface area contributed by atoms with Crippen LogP contribution in [-0.2, 0) is 19.2 Å². The van der Waals surface area contributed by atoms with E-state index in [-0.39, 0.29) is 35.7 Å². The van der Waals surface area contributed by atoms with Crippen LogP contribution < -0.4 is 15.1 Å². The van der Waals surface area contributed by atoms with Gasteiger partial charge in [0.25, 0.3) is 11.8 Å². The fraction of sp³-hybridized carbons (Fsp3) is 0.190. The quantitative estimate of drug-likeness (QED) is 0.107. The van der Waals surface area contributed by atoms with Crippen LogP contribution in [0.25, 0.3) is 10.8 Å². The molecule has 1 saturated carbocycles. The summed E-state index contributed by atoms with van der Waals surface area (Å²) in [7, 11) is 0. The molecule has 264 valence electrons. The third-order valence-electron chi connectivity index (χ3n) is 11.3. The van der Waals surface area contributed by atoms with E-state index in [1.807, 2.05) is 48.5 Å². The first kappa shape index (κ1) is 33.3. The predicted octanol–water partition coefficient (Wildman–Crippen LogP) is 8.20. The Hall–Kier alpha value is -5.51. The topological polar surface area (TPSA) is 107 Å². The lowest BCUT2D eigenvalue weighted by Gasteiger charge is -2.50. The summed E-state index contributed by atoms with van der Waals surface area (Å²) >= 11 is 15.0. The highest BCUT2D eigenvalue weighted by Gasteiger charge is 2.77. The largest absolute Gasteiger partial charge is 0.507 e. The van der Waals surface area contributed by atoms with Crippen LogP contribution in [0.3, 0.4) is 0 Å². The van der Waals surface area contributed by atoms with Gasteiger partial charge in [-0.3, -0.25) is 24.1 Å². The van der Waals surface area contributed by atoms with Crippen molar-refractivity contribution in [1.82, 2.24) is 0 Å². The summed E-state index contributed by atoms with van der Waals surface area (Å²) in [6.45, 7) is 0. The molecule has 0 radical (unpaired) electrons. The van der Waals surface area contributed by atoms with E-state index in [0.717, 1.165) is 33.8 Å². The fourth-order valence-corrected chi connectivity index (χ4v) is 9.81. The molecule has 2 N–H and O–H groups in total. The number of hydrogen-bond donors (Lipinski definition) is 2. The number of carbonyl (C=O) groups excluding carboxylic acids is 4. The molecule has 6 atom stereocenters. The molecule has 0 spiro atoms. The number of nitrogens with zero attached hydrogens (tertiary/aromatic N) is 2. The zero-order valence-electron chi connectivity index (χ0n) is 27.9. The number of para-hydroxylation sites is 1. The summed E-state index contributed by atoms with van der Waals surface area (Å²) in [5.41, 5.74) is 2.94. The molecule has 5 aromatic rings. The molecular weight excluding hydrogens is 716 g/mol. The third kappa shape index (κ3) is 4.73. The van der Waals surface area contributed by atoms with Crippen molar-refractivity contribution in [2.75, 3.05) is 15.1 Å². The summed E-state index contributed by atoms with van der Waals surface area (Å²) in [4.78, 5) is 55.6. The highest BCUT2D eigenvalue weighted by Crippen LogP contribution is 2.66. The Kier molecular flexibility index (Phi) is 7.56. The van der Waals surface area contributed by atoms with Gasteiger partial charge in [0.1, 0.15) is 11.6 Å². The molecule has 6 unspecified atom stereocenters. The molecule has 0 bridgehead atoms. The van der Waals surface area contributed by atoms with Crippen LogP contribution in [0, 0.1) is 23.6 Å². The van der Waals surface area contributed by atoms with Gasteiger partial charge < -0.3 is 10.4 Å². The number of imide groups is 2. The first-order valence-electron chi connectivity index (χ1n) is 17.3. The molecule has 8 nitrogen and oxygen atoms in total. The number of allylic oxidation sites excluding steroid dienone is 2. The van der Waals surface area contributed by atoms with Gasteiger partial charge in [0, 0.05) is 28.2 Å². The van der Waals surface area contributed by atoms with Crippen LogP contribution in [-0.4, -0.2) is 38.5 Å². The number of carbonyl (C=O) groups is 4. The number of amides is 4. The van der Waals surface area contributed by atoms with Crippen LogP contribution in [0.4, 0.5) is 27.1 Å². The van der Waals surface area contributed by atoms with E-state index in [4.69, 9.17) is 23.2 Å². The molecule has 2 aliphatic carbocycles. The van der Waals surface area contributed by atoms with E-state index < -0.39 is 57.0 Å². The minimum absolute atomic E-state index is 0.0793. The zero-order valence-corrected chi connectivity index (χ0v) is 29.4. The maximum absolute atomic E-state index is 14.7. The normalized spacial score (nSPS) is 27.8. The molecule has 2 heterocycles. The molecule has 9 rings (SSSR count). The first-order valence-corrected chi connectivity index (χ1v) is 18.0. The van der Waals surface area contributed by atoms with Crippen molar-refractivity contribution in [1.29, 1.82) is 0 Å². The minimum atomic E-state index is -2.16. The standard InChI is InChI=1S/C42H30Cl2FN3O5/c43-41-22-33-30(20-21-31-34(33)38(51)47(37(31)50)27-17-13-26(14-18-27)46-25-7-2-1-3-8-25)35(32-19-10-23-6-4-5-9-29(23)36(32)49)42(41,44)40(53)48(39(41)52)28-15-11-24(45)12-16-28/h1-20,31,33-35,46,49H,21-22H2. The van der Waals surface area contributed by atoms with E-state index in [2.05, 4.69) is 5.32 Å². The summed E-state index contributed by atoms with van der Waals surface area (Å²) in [6.07, 6.45) is 1.76. The number of rotatable bonds is 5. The Bertz CT molecular complexity index is 2410. The van der Waals surface area contributed by atoms with Gasteiger partial charge in [-0.15, -0.1) is 23.2 Å². The average Bonchev–Trinajstić information content (AvgIpc) is 3.51. The number of fused-ring (bicyclic) bond motifs is 5. The van der Waals surface area contributed by atoms with E-state index in [1.54, 1.807) is 48.5 Å². The number of anilines is 4. The Balaban J connectivity index is 1.15. The zero-order chi connectivity index (χ0) is 36.8. The molecular formula is C42H30Cl2FN3O5. The molecule has 2 aliphatic heterocycles. The maximum atomic E-state index is 14.7.